The van der Waals surface area contributed by atoms with Crippen molar-refractivity contribution in [1.82, 2.24) is 10.2 Å². The zero-order valence-corrected chi connectivity index (χ0v) is 15.2. The van der Waals surface area contributed by atoms with Gasteiger partial charge in [-0.25, -0.2) is 0 Å². The molecule has 2 rings (SSSR count). The number of rotatable bonds is 9. The summed E-state index contributed by atoms with van der Waals surface area (Å²) < 4.78 is 10.7. The Morgan fingerprint density at radius 1 is 1.16 bits per heavy atom. The van der Waals surface area contributed by atoms with Crippen molar-refractivity contribution < 1.29 is 19.1 Å². The highest BCUT2D eigenvalue weighted by Gasteiger charge is 2.17. The maximum absolute atomic E-state index is 12.3. The number of carbonyl (C=O) groups excluding carboxylic acids is 2. The summed E-state index contributed by atoms with van der Waals surface area (Å²) in [5.41, 5.74) is 0. The van der Waals surface area contributed by atoms with Gasteiger partial charge in [-0.15, -0.1) is 11.3 Å². The molecule has 1 aromatic carbocycles. The van der Waals surface area contributed by atoms with Crippen LogP contribution >= 0.6 is 11.3 Å². The van der Waals surface area contributed by atoms with Crippen LogP contribution in [0, 0.1) is 0 Å². The molecule has 0 aliphatic carbocycles. The molecule has 0 saturated heterocycles. The summed E-state index contributed by atoms with van der Waals surface area (Å²) in [6.07, 6.45) is 0. The van der Waals surface area contributed by atoms with E-state index in [1.165, 1.54) is 4.90 Å². The van der Waals surface area contributed by atoms with Gasteiger partial charge in [-0.2, -0.15) is 0 Å². The molecule has 0 bridgehead atoms. The number of amides is 2. The van der Waals surface area contributed by atoms with Crippen LogP contribution in [0.25, 0.3) is 0 Å². The Bertz CT molecular complexity index is 688. The Morgan fingerprint density at radius 2 is 1.92 bits per heavy atom. The SMILES string of the molecule is CCN(CC(=O)NCc1cccs1)C(=O)COc1ccccc1OC. The number of likely N-dealkylation sites (N-methyl/N-ethyl adjacent to an activating group) is 1. The molecule has 0 fully saturated rings. The van der Waals surface area contributed by atoms with Crippen LogP contribution in [0.5, 0.6) is 11.5 Å². The van der Waals surface area contributed by atoms with Crippen LogP contribution < -0.4 is 14.8 Å². The first kappa shape index (κ1) is 18.8. The number of benzene rings is 1. The Balaban J connectivity index is 1.82. The topological polar surface area (TPSA) is 67.9 Å². The lowest BCUT2D eigenvalue weighted by atomic mass is 10.3. The van der Waals surface area contributed by atoms with Crippen molar-refractivity contribution in [2.45, 2.75) is 13.5 Å². The first-order valence-electron chi connectivity index (χ1n) is 7.96. The molecular weight excluding hydrogens is 340 g/mol. The summed E-state index contributed by atoms with van der Waals surface area (Å²) in [4.78, 5) is 26.9. The molecule has 25 heavy (non-hydrogen) atoms. The maximum Gasteiger partial charge on any atom is 0.260 e. The third-order valence-corrected chi connectivity index (χ3v) is 4.41. The van der Waals surface area contributed by atoms with Crippen LogP contribution in [0.1, 0.15) is 11.8 Å². The smallest absolute Gasteiger partial charge is 0.260 e. The summed E-state index contributed by atoms with van der Waals surface area (Å²) in [7, 11) is 1.54. The average molecular weight is 362 g/mol. The van der Waals surface area contributed by atoms with E-state index >= 15 is 0 Å². The molecule has 1 aromatic heterocycles. The monoisotopic (exact) mass is 362 g/mol. The van der Waals surface area contributed by atoms with Crippen molar-refractivity contribution >= 4 is 23.2 Å². The van der Waals surface area contributed by atoms with Crippen molar-refractivity contribution in [3.05, 3.63) is 46.7 Å². The number of hydrogen-bond acceptors (Lipinski definition) is 5. The summed E-state index contributed by atoms with van der Waals surface area (Å²) >= 11 is 1.58. The highest BCUT2D eigenvalue weighted by Crippen LogP contribution is 2.25. The van der Waals surface area contributed by atoms with E-state index in [4.69, 9.17) is 9.47 Å². The molecule has 0 aliphatic rings. The third-order valence-electron chi connectivity index (χ3n) is 3.53. The molecule has 0 unspecified atom stereocenters. The quantitative estimate of drug-likeness (QED) is 0.743. The number of carbonyl (C=O) groups is 2. The van der Waals surface area contributed by atoms with E-state index in [1.807, 2.05) is 30.5 Å². The van der Waals surface area contributed by atoms with Gasteiger partial charge in [0.1, 0.15) is 0 Å². The third kappa shape index (κ3) is 5.79. The van der Waals surface area contributed by atoms with Crippen molar-refractivity contribution in [3.63, 3.8) is 0 Å². The standard InChI is InChI=1S/C18H22N2O4S/c1-3-20(12-17(21)19-11-14-7-6-10-25-14)18(22)13-24-16-9-5-4-8-15(16)23-2/h4-10H,3,11-13H2,1-2H3,(H,19,21). The Labute approximate surface area is 151 Å². The fraction of sp³-hybridized carbons (Fsp3) is 0.333. The molecular formula is C18H22N2O4S. The molecule has 7 heteroatoms. The Morgan fingerprint density at radius 3 is 2.56 bits per heavy atom. The van der Waals surface area contributed by atoms with Gasteiger partial charge in [0.15, 0.2) is 18.1 Å². The minimum absolute atomic E-state index is 0.00991. The second-order valence-electron chi connectivity index (χ2n) is 5.20. The number of nitrogens with zero attached hydrogens (tertiary/aromatic N) is 1. The van der Waals surface area contributed by atoms with Crippen LogP contribution in [0.3, 0.4) is 0 Å². The van der Waals surface area contributed by atoms with Crippen molar-refractivity contribution in [1.29, 1.82) is 0 Å². The number of methoxy groups -OCH3 is 1. The van der Waals surface area contributed by atoms with E-state index in [-0.39, 0.29) is 25.0 Å². The second-order valence-corrected chi connectivity index (χ2v) is 6.24. The minimum atomic E-state index is -0.250. The molecule has 2 aromatic rings. The maximum atomic E-state index is 12.3. The van der Waals surface area contributed by atoms with Crippen molar-refractivity contribution in [3.8, 4) is 11.5 Å². The fourth-order valence-corrected chi connectivity index (χ4v) is 2.82. The molecule has 2 amide bonds. The van der Waals surface area contributed by atoms with Gasteiger partial charge in [-0.1, -0.05) is 18.2 Å². The molecule has 6 nitrogen and oxygen atoms in total. The first-order chi connectivity index (χ1) is 12.1. The second kappa shape index (κ2) is 9.68. The summed E-state index contributed by atoms with van der Waals surface area (Å²) in [5.74, 6) is 0.615. The van der Waals surface area contributed by atoms with Crippen LogP contribution in [0.15, 0.2) is 41.8 Å². The van der Waals surface area contributed by atoms with Gasteiger partial charge in [0, 0.05) is 11.4 Å². The largest absolute Gasteiger partial charge is 0.493 e. The van der Waals surface area contributed by atoms with Crippen LogP contribution in [-0.4, -0.2) is 43.5 Å². The summed E-state index contributed by atoms with van der Waals surface area (Å²) in [6, 6.07) is 11.0. The summed E-state index contributed by atoms with van der Waals surface area (Å²) in [6.45, 7) is 2.59. The zero-order chi connectivity index (χ0) is 18.1. The van der Waals surface area contributed by atoms with Gasteiger partial charge in [0.2, 0.25) is 5.91 Å². The van der Waals surface area contributed by atoms with Crippen molar-refractivity contribution in [2.24, 2.45) is 0 Å². The van der Waals surface area contributed by atoms with E-state index in [0.29, 0.717) is 24.6 Å². The van der Waals surface area contributed by atoms with Crippen LogP contribution in [0.2, 0.25) is 0 Å². The van der Waals surface area contributed by atoms with E-state index in [1.54, 1.807) is 36.6 Å². The molecule has 1 heterocycles. The molecule has 134 valence electrons. The lowest BCUT2D eigenvalue weighted by molar-refractivity contribution is -0.137. The van der Waals surface area contributed by atoms with Gasteiger partial charge in [-0.3, -0.25) is 9.59 Å². The molecule has 1 N–H and O–H groups in total. The number of ether oxygens (including phenoxy) is 2. The predicted octanol–water partition coefficient (Wildman–Crippen LogP) is 2.30. The van der Waals surface area contributed by atoms with Gasteiger partial charge in [-0.05, 0) is 30.5 Å². The van der Waals surface area contributed by atoms with E-state index in [0.717, 1.165) is 4.88 Å². The predicted molar refractivity (Wildman–Crippen MR) is 96.9 cm³/mol. The van der Waals surface area contributed by atoms with Crippen LogP contribution in [0.4, 0.5) is 0 Å². The van der Waals surface area contributed by atoms with Gasteiger partial charge < -0.3 is 19.7 Å². The van der Waals surface area contributed by atoms with Crippen molar-refractivity contribution in [2.75, 3.05) is 26.8 Å². The highest BCUT2D eigenvalue weighted by molar-refractivity contribution is 7.09. The number of hydrogen-bond donors (Lipinski definition) is 1. The van der Waals surface area contributed by atoms with Gasteiger partial charge >= 0.3 is 0 Å². The number of thiophene rings is 1. The summed E-state index contributed by atoms with van der Waals surface area (Å²) in [5, 5.41) is 4.77. The molecule has 0 radical (unpaired) electrons. The zero-order valence-electron chi connectivity index (χ0n) is 14.4. The van der Waals surface area contributed by atoms with E-state index in [9.17, 15) is 9.59 Å². The molecule has 0 spiro atoms. The molecule has 0 aliphatic heterocycles. The Kier molecular flexibility index (Phi) is 7.28. The van der Waals surface area contributed by atoms with Gasteiger partial charge in [0.05, 0.1) is 20.2 Å². The fourth-order valence-electron chi connectivity index (χ4n) is 2.17. The lowest BCUT2D eigenvalue weighted by Gasteiger charge is -2.20. The normalized spacial score (nSPS) is 10.2. The first-order valence-corrected chi connectivity index (χ1v) is 8.84. The average Bonchev–Trinajstić information content (AvgIpc) is 3.16. The van der Waals surface area contributed by atoms with Gasteiger partial charge in [0.25, 0.3) is 5.91 Å². The Hall–Kier alpha value is -2.54. The van der Waals surface area contributed by atoms with E-state index in [2.05, 4.69) is 5.32 Å². The minimum Gasteiger partial charge on any atom is -0.493 e. The number of nitrogens with one attached hydrogen (secondary N) is 1. The molecule has 0 atom stereocenters. The lowest BCUT2D eigenvalue weighted by Crippen LogP contribution is -2.42. The number of para-hydroxylation sites is 2. The van der Waals surface area contributed by atoms with E-state index < -0.39 is 0 Å². The van der Waals surface area contributed by atoms with Crippen LogP contribution in [-0.2, 0) is 16.1 Å². The molecule has 0 saturated carbocycles. The highest BCUT2D eigenvalue weighted by atomic mass is 32.1.